The Bertz CT molecular complexity index is 691. The zero-order valence-corrected chi connectivity index (χ0v) is 12.3. The van der Waals surface area contributed by atoms with E-state index in [0.29, 0.717) is 6.54 Å². The third kappa shape index (κ3) is 2.39. The van der Waals surface area contributed by atoms with Crippen molar-refractivity contribution >= 4 is 16.8 Å². The van der Waals surface area contributed by atoms with Gasteiger partial charge in [-0.2, -0.15) is 5.26 Å². The van der Waals surface area contributed by atoms with Crippen LogP contribution in [0.15, 0.2) is 30.5 Å². The first-order valence-electron chi connectivity index (χ1n) is 6.56. The number of hydrogen-bond donors (Lipinski definition) is 0. The molecular formula is C16H19N3O. The van der Waals surface area contributed by atoms with Crippen LogP contribution in [0.2, 0.25) is 0 Å². The summed E-state index contributed by atoms with van der Waals surface area (Å²) in [7, 11) is 3.73. The largest absolute Gasteiger partial charge is 0.350 e. The molecule has 2 aromatic rings. The maximum Gasteiger partial charge on any atom is 0.242 e. The summed E-state index contributed by atoms with van der Waals surface area (Å²) < 4.78 is 2.05. The van der Waals surface area contributed by atoms with Gasteiger partial charge in [0, 0.05) is 37.7 Å². The molecule has 0 aliphatic rings. The molecule has 4 nitrogen and oxygen atoms in total. The highest BCUT2D eigenvalue weighted by molar-refractivity contribution is 5.86. The van der Waals surface area contributed by atoms with Crippen LogP contribution in [-0.4, -0.2) is 22.4 Å². The molecule has 0 unspecified atom stereocenters. The van der Waals surface area contributed by atoms with Crippen LogP contribution in [0.25, 0.3) is 10.9 Å². The molecule has 1 amide bonds. The van der Waals surface area contributed by atoms with Gasteiger partial charge in [0.15, 0.2) is 0 Å². The Labute approximate surface area is 119 Å². The molecule has 104 valence electrons. The second-order valence-corrected chi connectivity index (χ2v) is 5.68. The minimum Gasteiger partial charge on any atom is -0.350 e. The molecule has 0 saturated heterocycles. The number of benzene rings is 1. The van der Waals surface area contributed by atoms with Gasteiger partial charge in [0.1, 0.15) is 5.41 Å². The molecule has 0 N–H and O–H groups in total. The number of nitriles is 1. The number of carbonyl (C=O) groups excluding carboxylic acids is 1. The average Bonchev–Trinajstić information content (AvgIpc) is 2.75. The Morgan fingerprint density at radius 1 is 1.40 bits per heavy atom. The number of aryl methyl sites for hydroxylation is 1. The van der Waals surface area contributed by atoms with Gasteiger partial charge in [-0.25, -0.2) is 0 Å². The summed E-state index contributed by atoms with van der Waals surface area (Å²) >= 11 is 0. The van der Waals surface area contributed by atoms with Crippen LogP contribution in [0, 0.1) is 16.7 Å². The number of fused-ring (bicyclic) bond motifs is 1. The molecule has 0 spiro atoms. The molecule has 20 heavy (non-hydrogen) atoms. The zero-order valence-electron chi connectivity index (χ0n) is 12.3. The molecule has 0 radical (unpaired) electrons. The summed E-state index contributed by atoms with van der Waals surface area (Å²) in [6.07, 6.45) is 2.04. The smallest absolute Gasteiger partial charge is 0.242 e. The summed E-state index contributed by atoms with van der Waals surface area (Å²) in [5.74, 6) is -0.159. The van der Waals surface area contributed by atoms with Gasteiger partial charge in [-0.15, -0.1) is 0 Å². The fourth-order valence-electron chi connectivity index (χ4n) is 2.40. The van der Waals surface area contributed by atoms with Crippen molar-refractivity contribution in [3.05, 3.63) is 36.0 Å². The van der Waals surface area contributed by atoms with E-state index < -0.39 is 5.41 Å². The number of amides is 1. The predicted octanol–water partition coefficient (Wildman–Crippen LogP) is 2.69. The Hall–Kier alpha value is -2.28. The minimum absolute atomic E-state index is 0.159. The number of para-hydroxylation sites is 1. The van der Waals surface area contributed by atoms with Crippen molar-refractivity contribution in [3.63, 3.8) is 0 Å². The lowest BCUT2D eigenvalue weighted by atomic mass is 9.94. The van der Waals surface area contributed by atoms with E-state index in [1.165, 1.54) is 0 Å². The standard InChI is InChI=1S/C16H19N3O/c1-16(2,11-17)15(20)19(4)10-12-9-18(3)14-8-6-5-7-13(12)14/h5-9H,10H2,1-4H3. The Kier molecular flexibility index (Phi) is 3.54. The van der Waals surface area contributed by atoms with Crippen molar-refractivity contribution in [2.24, 2.45) is 12.5 Å². The van der Waals surface area contributed by atoms with Crippen LogP contribution in [0.1, 0.15) is 19.4 Å². The van der Waals surface area contributed by atoms with Crippen molar-refractivity contribution in [1.29, 1.82) is 5.26 Å². The van der Waals surface area contributed by atoms with Crippen molar-refractivity contribution < 1.29 is 4.79 Å². The summed E-state index contributed by atoms with van der Waals surface area (Å²) in [6, 6.07) is 10.2. The number of rotatable bonds is 3. The van der Waals surface area contributed by atoms with E-state index >= 15 is 0 Å². The number of carbonyl (C=O) groups is 1. The molecule has 0 fully saturated rings. The second-order valence-electron chi connectivity index (χ2n) is 5.68. The highest BCUT2D eigenvalue weighted by Crippen LogP contribution is 2.23. The maximum atomic E-state index is 12.2. The third-order valence-electron chi connectivity index (χ3n) is 3.55. The Balaban J connectivity index is 2.30. The summed E-state index contributed by atoms with van der Waals surface area (Å²) in [5.41, 5.74) is 1.25. The monoisotopic (exact) mass is 269 g/mol. The van der Waals surface area contributed by atoms with Crippen molar-refractivity contribution in [2.45, 2.75) is 20.4 Å². The highest BCUT2D eigenvalue weighted by atomic mass is 16.2. The normalized spacial score (nSPS) is 11.3. The van der Waals surface area contributed by atoms with Gasteiger partial charge in [-0.05, 0) is 25.5 Å². The van der Waals surface area contributed by atoms with E-state index in [2.05, 4.69) is 22.8 Å². The Morgan fingerprint density at radius 3 is 2.70 bits per heavy atom. The van der Waals surface area contributed by atoms with Crippen LogP contribution < -0.4 is 0 Å². The average molecular weight is 269 g/mol. The topological polar surface area (TPSA) is 49.0 Å². The summed E-state index contributed by atoms with van der Waals surface area (Å²) in [6.45, 7) is 3.80. The third-order valence-corrected chi connectivity index (χ3v) is 3.55. The van der Waals surface area contributed by atoms with Crippen LogP contribution in [0.3, 0.4) is 0 Å². The molecule has 1 aromatic heterocycles. The van der Waals surface area contributed by atoms with Gasteiger partial charge in [0.25, 0.3) is 0 Å². The van der Waals surface area contributed by atoms with Crippen LogP contribution in [0.4, 0.5) is 0 Å². The van der Waals surface area contributed by atoms with Crippen molar-refractivity contribution in [1.82, 2.24) is 9.47 Å². The van der Waals surface area contributed by atoms with Gasteiger partial charge in [0.05, 0.1) is 6.07 Å². The SMILES string of the molecule is CN(Cc1cn(C)c2ccccc12)C(=O)C(C)(C)C#N. The Morgan fingerprint density at radius 2 is 2.05 bits per heavy atom. The highest BCUT2D eigenvalue weighted by Gasteiger charge is 2.30. The number of aromatic nitrogens is 1. The second kappa shape index (κ2) is 5.01. The maximum absolute atomic E-state index is 12.2. The van der Waals surface area contributed by atoms with E-state index in [-0.39, 0.29) is 5.91 Å². The molecule has 2 rings (SSSR count). The summed E-state index contributed by atoms with van der Waals surface area (Å²) in [5, 5.41) is 10.2. The molecule has 4 heteroatoms. The molecule has 0 bridgehead atoms. The number of hydrogen-bond acceptors (Lipinski definition) is 2. The molecule has 0 saturated carbocycles. The van der Waals surface area contributed by atoms with E-state index in [1.54, 1.807) is 25.8 Å². The quantitative estimate of drug-likeness (QED) is 0.860. The lowest BCUT2D eigenvalue weighted by Crippen LogP contribution is -2.37. The lowest BCUT2D eigenvalue weighted by Gasteiger charge is -2.23. The minimum atomic E-state index is -0.987. The van der Waals surface area contributed by atoms with E-state index in [1.807, 2.05) is 25.4 Å². The van der Waals surface area contributed by atoms with E-state index in [4.69, 9.17) is 5.26 Å². The molecular weight excluding hydrogens is 250 g/mol. The fourth-order valence-corrected chi connectivity index (χ4v) is 2.40. The zero-order chi connectivity index (χ0) is 14.9. The molecule has 0 aliphatic carbocycles. The van der Waals surface area contributed by atoms with E-state index in [0.717, 1.165) is 16.5 Å². The lowest BCUT2D eigenvalue weighted by molar-refractivity contribution is -0.136. The molecule has 0 aliphatic heterocycles. The van der Waals surface area contributed by atoms with Gasteiger partial charge < -0.3 is 9.47 Å². The first-order chi connectivity index (χ1) is 9.36. The first-order valence-corrected chi connectivity index (χ1v) is 6.56. The van der Waals surface area contributed by atoms with Crippen LogP contribution in [0.5, 0.6) is 0 Å². The van der Waals surface area contributed by atoms with Gasteiger partial charge in [-0.3, -0.25) is 4.79 Å². The van der Waals surface area contributed by atoms with Crippen molar-refractivity contribution in [2.75, 3.05) is 7.05 Å². The molecule has 0 atom stereocenters. The fraction of sp³-hybridized carbons (Fsp3) is 0.375. The van der Waals surface area contributed by atoms with Crippen molar-refractivity contribution in [3.8, 4) is 6.07 Å². The van der Waals surface area contributed by atoms with Gasteiger partial charge in [0.2, 0.25) is 5.91 Å². The molecule has 1 aromatic carbocycles. The van der Waals surface area contributed by atoms with Gasteiger partial charge in [-0.1, -0.05) is 18.2 Å². The number of nitrogens with zero attached hydrogens (tertiary/aromatic N) is 3. The summed E-state index contributed by atoms with van der Waals surface area (Å²) in [4.78, 5) is 13.9. The molecule has 1 heterocycles. The van der Waals surface area contributed by atoms with Crippen LogP contribution >= 0.6 is 0 Å². The van der Waals surface area contributed by atoms with E-state index in [9.17, 15) is 4.79 Å². The van der Waals surface area contributed by atoms with Gasteiger partial charge >= 0.3 is 0 Å². The first kappa shape index (κ1) is 14.1. The predicted molar refractivity (Wildman–Crippen MR) is 78.8 cm³/mol. The van der Waals surface area contributed by atoms with Crippen LogP contribution in [-0.2, 0) is 18.4 Å².